The lowest BCUT2D eigenvalue weighted by Crippen LogP contribution is -2.25. The maximum absolute atomic E-state index is 12.7. The van der Waals surface area contributed by atoms with Gasteiger partial charge in [-0.2, -0.15) is 18.2 Å². The highest BCUT2D eigenvalue weighted by molar-refractivity contribution is 5.42. The first kappa shape index (κ1) is 13.0. The molecule has 6 heteroatoms. The van der Waals surface area contributed by atoms with Gasteiger partial charge in [0.25, 0.3) is 0 Å². The zero-order chi connectivity index (χ0) is 13.2. The Bertz CT molecular complexity index is 416. The number of hydrogen-bond acceptors (Lipinski definition) is 3. The number of nitrogens with one attached hydrogen (secondary N) is 1. The highest BCUT2D eigenvalue weighted by Crippen LogP contribution is 2.34. The fourth-order valence-electron chi connectivity index (χ4n) is 1.66. The van der Waals surface area contributed by atoms with E-state index in [0.717, 1.165) is 31.4 Å². The molecule has 0 unspecified atom stereocenters. The van der Waals surface area contributed by atoms with E-state index in [0.29, 0.717) is 6.54 Å². The number of halogens is 3. The number of hydrogen-bond donors (Lipinski definition) is 1. The fraction of sp³-hybridized carbons (Fsp3) is 0.583. The first-order valence-corrected chi connectivity index (χ1v) is 5.99. The van der Waals surface area contributed by atoms with Crippen LogP contribution in [-0.4, -0.2) is 17.6 Å². The van der Waals surface area contributed by atoms with E-state index in [1.807, 2.05) is 0 Å². The third-order valence-corrected chi connectivity index (χ3v) is 2.83. The lowest BCUT2D eigenvalue weighted by Gasteiger charge is -2.26. The molecule has 0 saturated heterocycles. The van der Waals surface area contributed by atoms with Gasteiger partial charge in [-0.15, -0.1) is 0 Å². The van der Waals surface area contributed by atoms with E-state index in [4.69, 9.17) is 4.74 Å². The maximum Gasteiger partial charge on any atom is 0.416 e. The molecule has 1 aliphatic carbocycles. The molecule has 0 aromatic carbocycles. The molecule has 1 heterocycles. The van der Waals surface area contributed by atoms with Crippen molar-refractivity contribution in [3.63, 3.8) is 0 Å². The summed E-state index contributed by atoms with van der Waals surface area (Å²) in [6, 6.07) is 1.95. The van der Waals surface area contributed by atoms with Gasteiger partial charge in [0.05, 0.1) is 5.56 Å². The van der Waals surface area contributed by atoms with Gasteiger partial charge < -0.3 is 10.1 Å². The number of nitrogens with zero attached hydrogens (tertiary/aromatic N) is 1. The first-order valence-electron chi connectivity index (χ1n) is 5.99. The number of rotatable bonds is 4. The van der Waals surface area contributed by atoms with Crippen molar-refractivity contribution in [2.75, 3.05) is 11.9 Å². The van der Waals surface area contributed by atoms with Gasteiger partial charge in [0.15, 0.2) is 0 Å². The van der Waals surface area contributed by atoms with Crippen molar-refractivity contribution in [2.45, 2.75) is 38.5 Å². The molecule has 0 spiro atoms. The Hall–Kier alpha value is -1.46. The highest BCUT2D eigenvalue weighted by Gasteiger charge is 2.32. The Labute approximate surface area is 103 Å². The van der Waals surface area contributed by atoms with Gasteiger partial charge in [-0.05, 0) is 32.3 Å². The molecule has 0 radical (unpaired) electrons. The normalized spacial score (nSPS) is 16.2. The number of aromatic nitrogens is 1. The highest BCUT2D eigenvalue weighted by atomic mass is 19.4. The molecular weight excluding hydrogens is 245 g/mol. The molecule has 1 aromatic rings. The number of alkyl halides is 3. The van der Waals surface area contributed by atoms with Crippen LogP contribution in [0, 0.1) is 0 Å². The average Bonchev–Trinajstić information content (AvgIpc) is 2.23. The van der Waals surface area contributed by atoms with E-state index in [-0.39, 0.29) is 17.8 Å². The number of anilines is 1. The summed E-state index contributed by atoms with van der Waals surface area (Å²) in [5.74, 6) is 0.243. The van der Waals surface area contributed by atoms with E-state index in [2.05, 4.69) is 10.3 Å². The average molecular weight is 260 g/mol. The lowest BCUT2D eigenvalue weighted by molar-refractivity contribution is -0.137. The molecule has 0 amide bonds. The monoisotopic (exact) mass is 260 g/mol. The van der Waals surface area contributed by atoms with Crippen molar-refractivity contribution in [1.82, 2.24) is 4.98 Å². The van der Waals surface area contributed by atoms with Gasteiger partial charge in [0, 0.05) is 12.6 Å². The van der Waals surface area contributed by atoms with Crippen molar-refractivity contribution < 1.29 is 17.9 Å². The Kier molecular flexibility index (Phi) is 3.63. The Morgan fingerprint density at radius 3 is 2.61 bits per heavy atom. The van der Waals surface area contributed by atoms with Gasteiger partial charge in [0.1, 0.15) is 11.9 Å². The van der Waals surface area contributed by atoms with Crippen LogP contribution in [0.5, 0.6) is 5.88 Å². The lowest BCUT2D eigenvalue weighted by atomic mass is 9.96. The second-order valence-corrected chi connectivity index (χ2v) is 4.28. The second-order valence-electron chi connectivity index (χ2n) is 4.28. The molecular formula is C12H15F3N2O. The molecule has 1 fully saturated rings. The Balaban J connectivity index is 2.23. The number of pyridine rings is 1. The molecule has 1 N–H and O–H groups in total. The van der Waals surface area contributed by atoms with E-state index >= 15 is 0 Å². The van der Waals surface area contributed by atoms with Crippen LogP contribution >= 0.6 is 0 Å². The van der Waals surface area contributed by atoms with Crippen LogP contribution in [0.1, 0.15) is 31.7 Å². The predicted octanol–water partition coefficient (Wildman–Crippen LogP) is 3.46. The molecule has 2 rings (SSSR count). The minimum Gasteiger partial charge on any atom is -0.474 e. The summed E-state index contributed by atoms with van der Waals surface area (Å²) < 4.78 is 43.6. The molecule has 3 nitrogen and oxygen atoms in total. The smallest absolute Gasteiger partial charge is 0.416 e. The summed E-state index contributed by atoms with van der Waals surface area (Å²) in [6.07, 6.45) is -1.55. The van der Waals surface area contributed by atoms with Crippen molar-refractivity contribution in [3.05, 3.63) is 17.7 Å². The summed E-state index contributed by atoms with van der Waals surface area (Å²) >= 11 is 0. The predicted molar refractivity (Wildman–Crippen MR) is 61.7 cm³/mol. The topological polar surface area (TPSA) is 34.1 Å². The standard InChI is InChI=1S/C12H15F3N2O/c1-2-16-10-6-8(12(13,14)15)7-11(17-10)18-9-4-3-5-9/h6-7,9H,2-5H2,1H3,(H,16,17). The van der Waals surface area contributed by atoms with E-state index in [9.17, 15) is 13.2 Å². The molecule has 100 valence electrons. The van der Waals surface area contributed by atoms with Gasteiger partial charge >= 0.3 is 6.18 Å². The zero-order valence-electron chi connectivity index (χ0n) is 10.0. The van der Waals surface area contributed by atoms with Crippen LogP contribution in [0.4, 0.5) is 19.0 Å². The molecule has 18 heavy (non-hydrogen) atoms. The van der Waals surface area contributed by atoms with Crippen LogP contribution in [0.3, 0.4) is 0 Å². The summed E-state index contributed by atoms with van der Waals surface area (Å²) in [4.78, 5) is 4.03. The van der Waals surface area contributed by atoms with Crippen molar-refractivity contribution in [1.29, 1.82) is 0 Å². The first-order chi connectivity index (χ1) is 8.49. The molecule has 0 aliphatic heterocycles. The SMILES string of the molecule is CCNc1cc(C(F)(F)F)cc(OC2CCC2)n1. The van der Waals surface area contributed by atoms with E-state index in [1.54, 1.807) is 6.92 Å². The van der Waals surface area contributed by atoms with Crippen LogP contribution in [0.15, 0.2) is 12.1 Å². The van der Waals surface area contributed by atoms with E-state index in [1.165, 1.54) is 0 Å². The fourth-order valence-corrected chi connectivity index (χ4v) is 1.66. The summed E-state index contributed by atoms with van der Waals surface area (Å²) in [7, 11) is 0. The van der Waals surface area contributed by atoms with Gasteiger partial charge in [-0.1, -0.05) is 0 Å². The van der Waals surface area contributed by atoms with Crippen LogP contribution in [-0.2, 0) is 6.18 Å². The Morgan fingerprint density at radius 1 is 1.39 bits per heavy atom. The van der Waals surface area contributed by atoms with Crippen molar-refractivity contribution in [3.8, 4) is 5.88 Å². The largest absolute Gasteiger partial charge is 0.474 e. The van der Waals surface area contributed by atoms with E-state index < -0.39 is 11.7 Å². The van der Waals surface area contributed by atoms with Gasteiger partial charge in [-0.25, -0.2) is 0 Å². The van der Waals surface area contributed by atoms with Crippen molar-refractivity contribution in [2.24, 2.45) is 0 Å². The second kappa shape index (κ2) is 5.04. The molecule has 1 aliphatic rings. The van der Waals surface area contributed by atoms with Crippen LogP contribution in [0.2, 0.25) is 0 Å². The summed E-state index contributed by atoms with van der Waals surface area (Å²) in [5, 5.41) is 2.78. The maximum atomic E-state index is 12.7. The summed E-state index contributed by atoms with van der Waals surface area (Å²) in [6.45, 7) is 2.31. The summed E-state index contributed by atoms with van der Waals surface area (Å²) in [5.41, 5.74) is -0.734. The molecule has 1 aromatic heterocycles. The zero-order valence-corrected chi connectivity index (χ0v) is 10.0. The quantitative estimate of drug-likeness (QED) is 0.900. The molecule has 0 atom stereocenters. The van der Waals surface area contributed by atoms with Crippen LogP contribution < -0.4 is 10.1 Å². The molecule has 0 bridgehead atoms. The van der Waals surface area contributed by atoms with Gasteiger partial charge in [0.2, 0.25) is 5.88 Å². The minimum atomic E-state index is -4.38. The van der Waals surface area contributed by atoms with Crippen LogP contribution in [0.25, 0.3) is 0 Å². The third-order valence-electron chi connectivity index (χ3n) is 2.83. The third kappa shape index (κ3) is 3.05. The minimum absolute atomic E-state index is 0.00969. The molecule has 1 saturated carbocycles. The van der Waals surface area contributed by atoms with Crippen molar-refractivity contribution >= 4 is 5.82 Å². The number of ether oxygens (including phenoxy) is 1. The van der Waals surface area contributed by atoms with Gasteiger partial charge in [-0.3, -0.25) is 0 Å². The Morgan fingerprint density at radius 2 is 2.11 bits per heavy atom.